The van der Waals surface area contributed by atoms with Gasteiger partial charge in [0.05, 0.1) is 5.41 Å². The maximum atomic E-state index is 11.0. The summed E-state index contributed by atoms with van der Waals surface area (Å²) in [5, 5.41) is 9.09. The second kappa shape index (κ2) is 6.46. The number of carboxylic acids is 1. The topological polar surface area (TPSA) is 40.5 Å². The Kier molecular flexibility index (Phi) is 5.11. The van der Waals surface area contributed by atoms with Gasteiger partial charge in [0.15, 0.2) is 0 Å². The zero-order valence-electron chi connectivity index (χ0n) is 13.4. The SMILES string of the molecule is CN(CCCCC(C)(C)C(=O)O)CC1CC2CCC1C2. The van der Waals surface area contributed by atoms with E-state index in [4.69, 9.17) is 5.11 Å². The summed E-state index contributed by atoms with van der Waals surface area (Å²) < 4.78 is 0. The maximum absolute atomic E-state index is 11.0. The third kappa shape index (κ3) is 3.97. The average molecular weight is 281 g/mol. The Labute approximate surface area is 123 Å². The molecule has 0 aliphatic heterocycles. The number of carbonyl (C=O) groups is 1. The Morgan fingerprint density at radius 1 is 1.25 bits per heavy atom. The van der Waals surface area contributed by atoms with Crippen molar-refractivity contribution >= 4 is 5.97 Å². The predicted octanol–water partition coefficient (Wildman–Crippen LogP) is 3.64. The molecule has 0 saturated heterocycles. The van der Waals surface area contributed by atoms with Gasteiger partial charge in [-0.05, 0) is 77.3 Å². The van der Waals surface area contributed by atoms with Crippen LogP contribution in [0.3, 0.4) is 0 Å². The molecule has 3 nitrogen and oxygen atoms in total. The molecule has 3 atom stereocenters. The van der Waals surface area contributed by atoms with Crippen molar-refractivity contribution in [1.82, 2.24) is 4.90 Å². The van der Waals surface area contributed by atoms with E-state index < -0.39 is 11.4 Å². The molecule has 3 heteroatoms. The molecule has 2 aliphatic rings. The third-order valence-electron chi connectivity index (χ3n) is 5.60. The molecule has 2 bridgehead atoms. The number of nitrogens with zero attached hydrogens (tertiary/aromatic N) is 1. The normalized spacial score (nSPS) is 29.3. The fraction of sp³-hybridized carbons (Fsp3) is 0.941. The molecule has 0 aromatic carbocycles. The molecule has 0 spiro atoms. The summed E-state index contributed by atoms with van der Waals surface area (Å²) in [6.45, 7) is 6.02. The molecule has 20 heavy (non-hydrogen) atoms. The number of rotatable bonds is 8. The van der Waals surface area contributed by atoms with Gasteiger partial charge in [-0.3, -0.25) is 4.79 Å². The van der Waals surface area contributed by atoms with E-state index in [9.17, 15) is 4.79 Å². The fourth-order valence-corrected chi connectivity index (χ4v) is 4.15. The van der Waals surface area contributed by atoms with Gasteiger partial charge in [-0.15, -0.1) is 0 Å². The van der Waals surface area contributed by atoms with Crippen LogP contribution in [0.25, 0.3) is 0 Å². The summed E-state index contributed by atoms with van der Waals surface area (Å²) in [5.41, 5.74) is -0.566. The van der Waals surface area contributed by atoms with Crippen LogP contribution in [-0.4, -0.2) is 36.1 Å². The minimum absolute atomic E-state index is 0.566. The van der Waals surface area contributed by atoms with Gasteiger partial charge in [-0.2, -0.15) is 0 Å². The number of carboxylic acid groups (broad SMARTS) is 1. The number of aliphatic carboxylic acids is 1. The number of fused-ring (bicyclic) bond motifs is 2. The lowest BCUT2D eigenvalue weighted by Gasteiger charge is -2.27. The van der Waals surface area contributed by atoms with Crippen LogP contribution in [0.2, 0.25) is 0 Å². The van der Waals surface area contributed by atoms with Gasteiger partial charge in [0.2, 0.25) is 0 Å². The largest absolute Gasteiger partial charge is 0.481 e. The van der Waals surface area contributed by atoms with Crippen LogP contribution >= 0.6 is 0 Å². The zero-order valence-corrected chi connectivity index (χ0v) is 13.4. The number of hydrogen-bond acceptors (Lipinski definition) is 2. The highest BCUT2D eigenvalue weighted by Gasteiger charge is 2.39. The monoisotopic (exact) mass is 281 g/mol. The number of hydrogen-bond donors (Lipinski definition) is 1. The standard InChI is InChI=1S/C17H31NO2/c1-17(2,16(19)20)8-4-5-9-18(3)12-15-11-13-6-7-14(15)10-13/h13-15H,4-12H2,1-3H3,(H,19,20). The van der Waals surface area contributed by atoms with E-state index in [1.807, 2.05) is 13.8 Å². The van der Waals surface area contributed by atoms with Crippen molar-refractivity contribution in [3.63, 3.8) is 0 Å². The summed E-state index contributed by atoms with van der Waals surface area (Å²) in [5.74, 6) is 2.31. The van der Waals surface area contributed by atoms with Crippen molar-refractivity contribution in [2.24, 2.45) is 23.2 Å². The van der Waals surface area contributed by atoms with Crippen LogP contribution in [0, 0.1) is 23.2 Å². The van der Waals surface area contributed by atoms with Crippen LogP contribution in [-0.2, 0) is 4.79 Å². The van der Waals surface area contributed by atoms with Crippen molar-refractivity contribution in [3.8, 4) is 0 Å². The lowest BCUT2D eigenvalue weighted by Crippen LogP contribution is -2.30. The molecular formula is C17H31NO2. The summed E-state index contributed by atoms with van der Waals surface area (Å²) in [6, 6.07) is 0. The van der Waals surface area contributed by atoms with Crippen molar-refractivity contribution in [2.45, 2.75) is 58.8 Å². The molecule has 0 heterocycles. The van der Waals surface area contributed by atoms with Crippen LogP contribution in [0.5, 0.6) is 0 Å². The lowest BCUT2D eigenvalue weighted by atomic mass is 9.87. The first-order valence-electron chi connectivity index (χ1n) is 8.30. The minimum atomic E-state index is -0.673. The van der Waals surface area contributed by atoms with Crippen LogP contribution in [0.4, 0.5) is 0 Å². The molecule has 1 N–H and O–H groups in total. The maximum Gasteiger partial charge on any atom is 0.309 e. The van der Waals surface area contributed by atoms with Crippen molar-refractivity contribution in [2.75, 3.05) is 20.1 Å². The van der Waals surface area contributed by atoms with Crippen molar-refractivity contribution < 1.29 is 9.90 Å². The quantitative estimate of drug-likeness (QED) is 0.691. The van der Waals surface area contributed by atoms with Gasteiger partial charge in [0.1, 0.15) is 0 Å². The van der Waals surface area contributed by atoms with Crippen LogP contribution in [0.1, 0.15) is 58.8 Å². The lowest BCUT2D eigenvalue weighted by molar-refractivity contribution is -0.147. The Balaban J connectivity index is 1.59. The first-order valence-corrected chi connectivity index (χ1v) is 8.30. The fourth-order valence-electron chi connectivity index (χ4n) is 4.15. The third-order valence-corrected chi connectivity index (χ3v) is 5.60. The van der Waals surface area contributed by atoms with E-state index in [0.717, 1.165) is 43.6 Å². The molecule has 2 fully saturated rings. The molecule has 0 amide bonds. The summed E-state index contributed by atoms with van der Waals surface area (Å²) >= 11 is 0. The second-order valence-corrected chi connectivity index (χ2v) is 7.84. The van der Waals surface area contributed by atoms with Crippen molar-refractivity contribution in [1.29, 1.82) is 0 Å². The van der Waals surface area contributed by atoms with Gasteiger partial charge < -0.3 is 10.0 Å². The summed E-state index contributed by atoms with van der Waals surface area (Å²) in [6.07, 6.45) is 8.82. The summed E-state index contributed by atoms with van der Waals surface area (Å²) in [4.78, 5) is 13.5. The Bertz CT molecular complexity index is 340. The molecule has 0 radical (unpaired) electrons. The molecular weight excluding hydrogens is 250 g/mol. The zero-order chi connectivity index (χ0) is 14.8. The van der Waals surface area contributed by atoms with E-state index >= 15 is 0 Å². The van der Waals surface area contributed by atoms with Crippen LogP contribution < -0.4 is 0 Å². The molecule has 116 valence electrons. The van der Waals surface area contributed by atoms with E-state index in [-0.39, 0.29) is 0 Å². The van der Waals surface area contributed by atoms with Crippen LogP contribution in [0.15, 0.2) is 0 Å². The predicted molar refractivity (Wildman–Crippen MR) is 81.7 cm³/mol. The molecule has 0 aromatic heterocycles. The van der Waals surface area contributed by atoms with Gasteiger partial charge in [-0.25, -0.2) is 0 Å². The van der Waals surface area contributed by atoms with E-state index in [0.29, 0.717) is 0 Å². The molecule has 2 rings (SSSR count). The molecule has 2 aliphatic carbocycles. The second-order valence-electron chi connectivity index (χ2n) is 7.84. The molecule has 3 unspecified atom stereocenters. The Morgan fingerprint density at radius 2 is 2.00 bits per heavy atom. The first kappa shape index (κ1) is 15.8. The highest BCUT2D eigenvalue weighted by molar-refractivity contribution is 5.73. The highest BCUT2D eigenvalue weighted by Crippen LogP contribution is 2.48. The van der Waals surface area contributed by atoms with Gasteiger partial charge in [0.25, 0.3) is 0 Å². The van der Waals surface area contributed by atoms with Gasteiger partial charge in [-0.1, -0.05) is 12.8 Å². The van der Waals surface area contributed by atoms with Crippen molar-refractivity contribution in [3.05, 3.63) is 0 Å². The average Bonchev–Trinajstić information content (AvgIpc) is 2.96. The first-order chi connectivity index (χ1) is 9.38. The van der Waals surface area contributed by atoms with Gasteiger partial charge in [0, 0.05) is 6.54 Å². The number of unbranched alkanes of at least 4 members (excludes halogenated alkanes) is 1. The Hall–Kier alpha value is -0.570. The van der Waals surface area contributed by atoms with E-state index in [1.54, 1.807) is 0 Å². The van der Waals surface area contributed by atoms with E-state index in [2.05, 4.69) is 11.9 Å². The minimum Gasteiger partial charge on any atom is -0.481 e. The van der Waals surface area contributed by atoms with E-state index in [1.165, 1.54) is 32.2 Å². The van der Waals surface area contributed by atoms with Gasteiger partial charge >= 0.3 is 5.97 Å². The highest BCUT2D eigenvalue weighted by atomic mass is 16.4. The Morgan fingerprint density at radius 3 is 2.55 bits per heavy atom. The smallest absolute Gasteiger partial charge is 0.309 e. The summed E-state index contributed by atoms with van der Waals surface area (Å²) in [7, 11) is 2.23. The molecule has 2 saturated carbocycles. The molecule has 0 aromatic rings.